The van der Waals surface area contributed by atoms with E-state index in [1.54, 1.807) is 17.4 Å². The van der Waals surface area contributed by atoms with Gasteiger partial charge in [-0.1, -0.05) is 24.1 Å². The van der Waals surface area contributed by atoms with Gasteiger partial charge in [0.15, 0.2) is 11.5 Å². The highest BCUT2D eigenvalue weighted by Gasteiger charge is 2.32. The van der Waals surface area contributed by atoms with E-state index in [0.717, 1.165) is 37.1 Å². The van der Waals surface area contributed by atoms with E-state index in [-0.39, 0.29) is 12.3 Å². The number of thiophene rings is 1. The molecule has 1 aliphatic rings. The van der Waals surface area contributed by atoms with Gasteiger partial charge in [0.25, 0.3) is 0 Å². The van der Waals surface area contributed by atoms with Crippen LogP contribution in [-0.4, -0.2) is 47.6 Å². The number of piperidine rings is 1. The molecule has 28 heavy (non-hydrogen) atoms. The van der Waals surface area contributed by atoms with Crippen LogP contribution in [0.2, 0.25) is 0 Å². The first-order chi connectivity index (χ1) is 13.5. The highest BCUT2D eigenvalue weighted by molar-refractivity contribution is 7.13. The summed E-state index contributed by atoms with van der Waals surface area (Å²) >= 11 is 1.55. The third kappa shape index (κ3) is 5.48. The molecule has 1 fully saturated rings. The van der Waals surface area contributed by atoms with Crippen LogP contribution in [-0.2, 0) is 4.79 Å². The lowest BCUT2D eigenvalue weighted by molar-refractivity contribution is -0.125. The standard InChI is InChI=1S/C20H26FN3O3S/c21-15-13-24(10-8-14(15)20(22)26)9-4-2-1-3-6-17(25)16-12-18(27-23-16)19-7-5-11-28-19/h5,7,11-12,14-15H,1-4,6,8-10,13H2,(H2,22,26)/t14-,15-/m1/s1. The number of carbonyl (C=O) groups is 2. The first kappa shape index (κ1) is 20.7. The Hall–Kier alpha value is -2.06. The van der Waals surface area contributed by atoms with Gasteiger partial charge in [-0.2, -0.15) is 0 Å². The number of aromatic nitrogens is 1. The SMILES string of the molecule is NC(=O)[C@@H]1CCN(CCCCCCC(=O)c2cc(-c3cccs3)on2)C[C@H]1F. The van der Waals surface area contributed by atoms with E-state index in [2.05, 4.69) is 10.1 Å². The second kappa shape index (κ2) is 9.93. The average molecular weight is 408 g/mol. The van der Waals surface area contributed by atoms with Crippen LogP contribution in [0, 0.1) is 5.92 Å². The molecule has 0 spiro atoms. The number of amides is 1. The predicted molar refractivity (Wildman–Crippen MR) is 106 cm³/mol. The molecule has 2 aromatic rings. The van der Waals surface area contributed by atoms with Gasteiger partial charge in [0.1, 0.15) is 11.9 Å². The summed E-state index contributed by atoms with van der Waals surface area (Å²) in [6.45, 7) is 1.81. The number of likely N-dealkylation sites (tertiary alicyclic amines) is 1. The number of nitrogens with two attached hydrogens (primary N) is 1. The van der Waals surface area contributed by atoms with Crippen LogP contribution in [0.3, 0.4) is 0 Å². The lowest BCUT2D eigenvalue weighted by atomic mass is 9.94. The molecule has 0 bridgehead atoms. The molecule has 0 radical (unpaired) electrons. The van der Waals surface area contributed by atoms with Crippen LogP contribution in [0.5, 0.6) is 0 Å². The minimum absolute atomic E-state index is 0.000325. The zero-order valence-corrected chi connectivity index (χ0v) is 16.6. The van der Waals surface area contributed by atoms with Crippen LogP contribution in [0.4, 0.5) is 4.39 Å². The van der Waals surface area contributed by atoms with Crippen molar-refractivity contribution >= 4 is 23.0 Å². The zero-order chi connectivity index (χ0) is 19.9. The summed E-state index contributed by atoms with van der Waals surface area (Å²) in [6, 6.07) is 5.57. The number of Topliss-reactive ketones (excluding diaryl/α,β-unsaturated/α-hetero) is 1. The van der Waals surface area contributed by atoms with Crippen LogP contribution >= 0.6 is 11.3 Å². The molecule has 8 heteroatoms. The molecule has 2 atom stereocenters. The molecule has 2 aromatic heterocycles. The van der Waals surface area contributed by atoms with Gasteiger partial charge in [-0.3, -0.25) is 9.59 Å². The van der Waals surface area contributed by atoms with Crippen LogP contribution in [0.15, 0.2) is 28.1 Å². The summed E-state index contributed by atoms with van der Waals surface area (Å²) in [4.78, 5) is 26.4. The molecular weight excluding hydrogens is 381 g/mol. The zero-order valence-electron chi connectivity index (χ0n) is 15.8. The molecule has 1 aliphatic heterocycles. The maximum absolute atomic E-state index is 13.9. The molecule has 3 heterocycles. The molecule has 3 rings (SSSR count). The van der Waals surface area contributed by atoms with Crippen LogP contribution in [0.25, 0.3) is 10.6 Å². The van der Waals surface area contributed by atoms with E-state index in [0.29, 0.717) is 30.8 Å². The lowest BCUT2D eigenvalue weighted by Gasteiger charge is -2.33. The Morgan fingerprint density at radius 2 is 2.14 bits per heavy atom. The number of halogens is 1. The number of primary amides is 1. The van der Waals surface area contributed by atoms with Crippen LogP contribution < -0.4 is 5.73 Å². The second-order valence-corrected chi connectivity index (χ2v) is 8.20. The number of carbonyl (C=O) groups excluding carboxylic acids is 2. The van der Waals surface area contributed by atoms with E-state index >= 15 is 0 Å². The molecule has 0 aliphatic carbocycles. The maximum atomic E-state index is 13.9. The van der Waals surface area contributed by atoms with E-state index in [4.69, 9.17) is 10.3 Å². The summed E-state index contributed by atoms with van der Waals surface area (Å²) in [5.41, 5.74) is 5.60. The van der Waals surface area contributed by atoms with Crippen molar-refractivity contribution in [2.24, 2.45) is 11.7 Å². The van der Waals surface area contributed by atoms with Crippen molar-refractivity contribution in [3.05, 3.63) is 29.3 Å². The lowest BCUT2D eigenvalue weighted by Crippen LogP contribution is -2.46. The number of ketones is 1. The molecule has 0 aromatic carbocycles. The van der Waals surface area contributed by atoms with Gasteiger partial charge in [0.05, 0.1) is 10.8 Å². The summed E-state index contributed by atoms with van der Waals surface area (Å²) in [7, 11) is 0. The number of nitrogens with zero attached hydrogens (tertiary/aromatic N) is 2. The molecule has 1 amide bonds. The van der Waals surface area contributed by atoms with Crippen molar-refractivity contribution in [2.45, 2.75) is 44.7 Å². The third-order valence-electron chi connectivity index (χ3n) is 5.18. The summed E-state index contributed by atoms with van der Waals surface area (Å²) in [5.74, 6) is -0.546. The van der Waals surface area contributed by atoms with Gasteiger partial charge in [-0.05, 0) is 43.8 Å². The Morgan fingerprint density at radius 1 is 1.32 bits per heavy atom. The first-order valence-corrected chi connectivity index (χ1v) is 10.6. The molecule has 1 saturated heterocycles. The normalized spacial score (nSPS) is 20.3. The minimum Gasteiger partial charge on any atom is -0.369 e. The monoisotopic (exact) mass is 407 g/mol. The maximum Gasteiger partial charge on any atom is 0.223 e. The number of rotatable bonds is 10. The molecule has 2 N–H and O–H groups in total. The van der Waals surface area contributed by atoms with Gasteiger partial charge in [-0.25, -0.2) is 4.39 Å². The van der Waals surface area contributed by atoms with Crippen LogP contribution in [0.1, 0.15) is 49.0 Å². The van der Waals surface area contributed by atoms with Gasteiger partial charge in [0.2, 0.25) is 5.91 Å². The van der Waals surface area contributed by atoms with Gasteiger partial charge >= 0.3 is 0 Å². The van der Waals surface area contributed by atoms with Crippen molar-refractivity contribution in [1.82, 2.24) is 10.1 Å². The highest BCUT2D eigenvalue weighted by Crippen LogP contribution is 2.26. The Labute approximate surface area is 167 Å². The van der Waals surface area contributed by atoms with Gasteiger partial charge < -0.3 is 15.2 Å². The number of unbranched alkanes of at least 4 members (excludes halogenated alkanes) is 3. The fourth-order valence-electron chi connectivity index (χ4n) is 3.54. The molecule has 0 unspecified atom stereocenters. The number of hydrogen-bond acceptors (Lipinski definition) is 6. The summed E-state index contributed by atoms with van der Waals surface area (Å²) in [6.07, 6.45) is 3.47. The van der Waals surface area contributed by atoms with E-state index in [9.17, 15) is 14.0 Å². The Kier molecular flexibility index (Phi) is 7.33. The Morgan fingerprint density at radius 3 is 2.86 bits per heavy atom. The predicted octanol–water partition coefficient (Wildman–Crippen LogP) is 3.68. The topological polar surface area (TPSA) is 89.4 Å². The van der Waals surface area contributed by atoms with Crippen molar-refractivity contribution < 1.29 is 18.5 Å². The van der Waals surface area contributed by atoms with Crippen molar-refractivity contribution in [3.63, 3.8) is 0 Å². The smallest absolute Gasteiger partial charge is 0.223 e. The van der Waals surface area contributed by atoms with Crippen molar-refractivity contribution in [3.8, 4) is 10.6 Å². The first-order valence-electron chi connectivity index (χ1n) is 9.74. The van der Waals surface area contributed by atoms with Crippen molar-refractivity contribution in [2.75, 3.05) is 19.6 Å². The van der Waals surface area contributed by atoms with Crippen molar-refractivity contribution in [1.29, 1.82) is 0 Å². The second-order valence-electron chi connectivity index (χ2n) is 7.26. The minimum atomic E-state index is -1.16. The molecule has 6 nitrogen and oxygen atoms in total. The van der Waals surface area contributed by atoms with E-state index < -0.39 is 18.0 Å². The summed E-state index contributed by atoms with van der Waals surface area (Å²) in [5, 5.41) is 5.83. The Bertz CT molecular complexity index is 778. The number of hydrogen-bond donors (Lipinski definition) is 1. The fourth-order valence-corrected chi connectivity index (χ4v) is 4.21. The highest BCUT2D eigenvalue weighted by atomic mass is 32.1. The Balaban J connectivity index is 1.29. The molecule has 0 saturated carbocycles. The van der Waals surface area contributed by atoms with Gasteiger partial charge in [0, 0.05) is 19.0 Å². The van der Waals surface area contributed by atoms with Gasteiger partial charge in [-0.15, -0.1) is 11.3 Å². The number of alkyl halides is 1. The fraction of sp³-hybridized carbons (Fsp3) is 0.550. The quantitative estimate of drug-likeness (QED) is 0.479. The largest absolute Gasteiger partial charge is 0.369 e. The molecule has 152 valence electrons. The van der Waals surface area contributed by atoms with E-state index in [1.807, 2.05) is 17.5 Å². The average Bonchev–Trinajstić information content (AvgIpc) is 3.35. The third-order valence-corrected chi connectivity index (χ3v) is 6.06. The summed E-state index contributed by atoms with van der Waals surface area (Å²) < 4.78 is 19.2. The molecular formula is C20H26FN3O3S. The van der Waals surface area contributed by atoms with E-state index in [1.165, 1.54) is 0 Å².